The van der Waals surface area contributed by atoms with Gasteiger partial charge in [-0.15, -0.1) is 0 Å². The second kappa shape index (κ2) is 6.57. The minimum atomic E-state index is -0.806. The van der Waals surface area contributed by atoms with Crippen LogP contribution in [0.1, 0.15) is 26.2 Å². The molecule has 0 spiro atoms. The van der Waals surface area contributed by atoms with Gasteiger partial charge in [0.15, 0.2) is 9.04 Å². The van der Waals surface area contributed by atoms with Gasteiger partial charge in [-0.1, -0.05) is 13.3 Å². The molecule has 78 valence electrons. The summed E-state index contributed by atoms with van der Waals surface area (Å²) in [6.07, 6.45) is 3.87. The van der Waals surface area contributed by atoms with Crippen LogP contribution in [0.4, 0.5) is 0 Å². The highest BCUT2D eigenvalue weighted by Gasteiger charge is 2.17. The van der Waals surface area contributed by atoms with Gasteiger partial charge in [0.1, 0.15) is 0 Å². The standard InChI is InChI=1S/C10H22O2Si/c1-3-6-12-13(2)7-4-5-10-8-11-9-10/h10,13H,3-9H2,1-2H3. The van der Waals surface area contributed by atoms with Gasteiger partial charge < -0.3 is 9.16 Å². The molecule has 1 aliphatic rings. The van der Waals surface area contributed by atoms with Gasteiger partial charge in [-0.05, 0) is 25.4 Å². The van der Waals surface area contributed by atoms with E-state index in [4.69, 9.17) is 9.16 Å². The fourth-order valence-electron chi connectivity index (χ4n) is 1.55. The van der Waals surface area contributed by atoms with Gasteiger partial charge in [-0.3, -0.25) is 0 Å². The molecule has 13 heavy (non-hydrogen) atoms. The molecule has 0 radical (unpaired) electrons. The van der Waals surface area contributed by atoms with Gasteiger partial charge in [-0.2, -0.15) is 0 Å². The van der Waals surface area contributed by atoms with Crippen LogP contribution in [-0.2, 0) is 9.16 Å². The number of ether oxygens (including phenoxy) is 1. The maximum absolute atomic E-state index is 5.73. The molecular weight excluding hydrogens is 180 g/mol. The second-order valence-electron chi connectivity index (χ2n) is 4.02. The molecule has 0 aliphatic carbocycles. The van der Waals surface area contributed by atoms with Crippen molar-refractivity contribution in [2.75, 3.05) is 19.8 Å². The molecule has 1 fully saturated rings. The maximum atomic E-state index is 5.73. The molecule has 1 unspecified atom stereocenters. The van der Waals surface area contributed by atoms with Crippen LogP contribution < -0.4 is 0 Å². The second-order valence-corrected chi connectivity index (χ2v) is 6.55. The van der Waals surface area contributed by atoms with Crippen LogP contribution in [-0.4, -0.2) is 28.9 Å². The molecular formula is C10H22O2Si. The fraction of sp³-hybridized carbons (Fsp3) is 1.00. The highest BCUT2D eigenvalue weighted by atomic mass is 28.3. The summed E-state index contributed by atoms with van der Waals surface area (Å²) >= 11 is 0. The third-order valence-electron chi connectivity index (χ3n) is 2.54. The Kier molecular flexibility index (Phi) is 5.67. The Morgan fingerprint density at radius 1 is 1.46 bits per heavy atom. The number of hydrogen-bond acceptors (Lipinski definition) is 2. The zero-order chi connectivity index (χ0) is 9.52. The third-order valence-corrected chi connectivity index (χ3v) is 4.56. The Labute approximate surface area is 83.3 Å². The van der Waals surface area contributed by atoms with Crippen molar-refractivity contribution in [1.29, 1.82) is 0 Å². The van der Waals surface area contributed by atoms with Crippen LogP contribution in [0.3, 0.4) is 0 Å². The summed E-state index contributed by atoms with van der Waals surface area (Å²) < 4.78 is 10.9. The quantitative estimate of drug-likeness (QED) is 0.589. The molecule has 0 aromatic carbocycles. The summed E-state index contributed by atoms with van der Waals surface area (Å²) in [6.45, 7) is 7.47. The molecule has 2 nitrogen and oxygen atoms in total. The fourth-order valence-corrected chi connectivity index (χ4v) is 3.16. The highest BCUT2D eigenvalue weighted by molar-refractivity contribution is 6.50. The van der Waals surface area contributed by atoms with Crippen LogP contribution in [0.2, 0.25) is 12.6 Å². The number of rotatable bonds is 7. The molecule has 0 aromatic rings. The molecule has 1 aliphatic heterocycles. The Hall–Kier alpha value is 0.137. The Bertz CT molecular complexity index is 126. The average molecular weight is 202 g/mol. The Balaban J connectivity index is 1.85. The zero-order valence-electron chi connectivity index (χ0n) is 8.92. The van der Waals surface area contributed by atoms with E-state index in [2.05, 4.69) is 13.5 Å². The van der Waals surface area contributed by atoms with E-state index in [1.165, 1.54) is 18.9 Å². The lowest BCUT2D eigenvalue weighted by atomic mass is 10.0. The van der Waals surface area contributed by atoms with Crippen molar-refractivity contribution in [3.05, 3.63) is 0 Å². The van der Waals surface area contributed by atoms with E-state index in [0.29, 0.717) is 0 Å². The van der Waals surface area contributed by atoms with E-state index in [9.17, 15) is 0 Å². The third kappa shape index (κ3) is 4.79. The largest absolute Gasteiger partial charge is 0.420 e. The topological polar surface area (TPSA) is 18.5 Å². The van der Waals surface area contributed by atoms with Gasteiger partial charge in [0.2, 0.25) is 0 Å². The van der Waals surface area contributed by atoms with Crippen molar-refractivity contribution in [3.63, 3.8) is 0 Å². The SMILES string of the molecule is CCCO[SiH](C)CCCC1COC1. The summed E-state index contributed by atoms with van der Waals surface area (Å²) in [6, 6.07) is 1.34. The summed E-state index contributed by atoms with van der Waals surface area (Å²) in [5.74, 6) is 0.868. The number of hydrogen-bond donors (Lipinski definition) is 0. The monoisotopic (exact) mass is 202 g/mol. The van der Waals surface area contributed by atoms with Gasteiger partial charge >= 0.3 is 0 Å². The highest BCUT2D eigenvalue weighted by Crippen LogP contribution is 2.18. The van der Waals surface area contributed by atoms with Crippen LogP contribution in [0.15, 0.2) is 0 Å². The van der Waals surface area contributed by atoms with Crippen molar-refractivity contribution in [2.45, 2.75) is 38.8 Å². The summed E-state index contributed by atoms with van der Waals surface area (Å²) in [5.41, 5.74) is 0. The van der Waals surface area contributed by atoms with Crippen LogP contribution in [0, 0.1) is 5.92 Å². The predicted molar refractivity (Wildman–Crippen MR) is 57.6 cm³/mol. The lowest BCUT2D eigenvalue weighted by Gasteiger charge is -2.26. The molecule has 0 amide bonds. The predicted octanol–water partition coefficient (Wildman–Crippen LogP) is 2.19. The molecule has 3 heteroatoms. The van der Waals surface area contributed by atoms with Crippen molar-refractivity contribution in [2.24, 2.45) is 5.92 Å². The molecule has 1 atom stereocenters. The molecule has 0 saturated carbocycles. The van der Waals surface area contributed by atoms with E-state index < -0.39 is 9.04 Å². The van der Waals surface area contributed by atoms with E-state index >= 15 is 0 Å². The van der Waals surface area contributed by atoms with Crippen molar-refractivity contribution in [1.82, 2.24) is 0 Å². The minimum Gasteiger partial charge on any atom is -0.420 e. The van der Waals surface area contributed by atoms with Crippen LogP contribution >= 0.6 is 0 Å². The van der Waals surface area contributed by atoms with Crippen molar-refractivity contribution >= 4 is 9.04 Å². The van der Waals surface area contributed by atoms with E-state index in [-0.39, 0.29) is 0 Å². The molecule has 1 rings (SSSR count). The average Bonchev–Trinajstić information content (AvgIpc) is 2.06. The lowest BCUT2D eigenvalue weighted by Crippen LogP contribution is -2.27. The molecule has 0 bridgehead atoms. The smallest absolute Gasteiger partial charge is 0.173 e. The molecule has 0 N–H and O–H groups in total. The summed E-state index contributed by atoms with van der Waals surface area (Å²) in [7, 11) is -0.806. The summed E-state index contributed by atoms with van der Waals surface area (Å²) in [4.78, 5) is 0. The first-order valence-corrected chi connectivity index (χ1v) is 7.96. The van der Waals surface area contributed by atoms with E-state index in [1.54, 1.807) is 0 Å². The minimum absolute atomic E-state index is 0.806. The van der Waals surface area contributed by atoms with Gasteiger partial charge in [0.05, 0.1) is 13.2 Å². The maximum Gasteiger partial charge on any atom is 0.173 e. The lowest BCUT2D eigenvalue weighted by molar-refractivity contribution is -0.0357. The molecule has 1 heterocycles. The van der Waals surface area contributed by atoms with Gasteiger partial charge in [0.25, 0.3) is 0 Å². The molecule has 1 saturated heterocycles. The first-order valence-electron chi connectivity index (χ1n) is 5.52. The Morgan fingerprint density at radius 2 is 2.23 bits per heavy atom. The Morgan fingerprint density at radius 3 is 2.77 bits per heavy atom. The van der Waals surface area contributed by atoms with Gasteiger partial charge in [0, 0.05) is 12.5 Å². The summed E-state index contributed by atoms with van der Waals surface area (Å²) in [5, 5.41) is 0. The van der Waals surface area contributed by atoms with Crippen LogP contribution in [0.25, 0.3) is 0 Å². The first-order chi connectivity index (χ1) is 6.33. The zero-order valence-corrected chi connectivity index (χ0v) is 10.1. The van der Waals surface area contributed by atoms with E-state index in [1.807, 2.05) is 0 Å². The molecule has 0 aromatic heterocycles. The van der Waals surface area contributed by atoms with Crippen LogP contribution in [0.5, 0.6) is 0 Å². The first kappa shape index (κ1) is 11.2. The van der Waals surface area contributed by atoms with Crippen molar-refractivity contribution in [3.8, 4) is 0 Å². The normalized spacial score (nSPS) is 19.8. The van der Waals surface area contributed by atoms with E-state index in [0.717, 1.165) is 32.2 Å². The van der Waals surface area contributed by atoms with Crippen molar-refractivity contribution < 1.29 is 9.16 Å². The van der Waals surface area contributed by atoms with Gasteiger partial charge in [-0.25, -0.2) is 0 Å².